The van der Waals surface area contributed by atoms with Gasteiger partial charge in [0, 0.05) is 5.69 Å². The van der Waals surface area contributed by atoms with E-state index in [1.54, 1.807) is 0 Å². The van der Waals surface area contributed by atoms with Gasteiger partial charge in [-0.15, -0.1) is 10.2 Å². The number of nitrogens with zero attached hydrogens (tertiary/aromatic N) is 2. The second kappa shape index (κ2) is 9.36. The zero-order chi connectivity index (χ0) is 19.9. The van der Waals surface area contributed by atoms with Crippen molar-refractivity contribution >= 4 is 23.4 Å². The largest absolute Gasteiger partial charge is 0.484 e. The van der Waals surface area contributed by atoms with E-state index in [0.717, 1.165) is 17.5 Å². The first-order valence-corrected chi connectivity index (χ1v) is 9.71. The Morgan fingerprint density at radius 3 is 2.54 bits per heavy atom. The van der Waals surface area contributed by atoms with E-state index in [-0.39, 0.29) is 29.3 Å². The molecule has 1 amide bonds. The van der Waals surface area contributed by atoms with E-state index in [1.807, 2.05) is 24.3 Å². The van der Waals surface area contributed by atoms with E-state index in [0.29, 0.717) is 17.5 Å². The molecule has 0 aliphatic rings. The molecule has 0 spiro atoms. The van der Waals surface area contributed by atoms with Crippen molar-refractivity contribution < 1.29 is 18.3 Å². The van der Waals surface area contributed by atoms with Crippen LogP contribution in [0, 0.1) is 5.82 Å². The molecule has 3 aromatic rings. The van der Waals surface area contributed by atoms with Gasteiger partial charge in [0.2, 0.25) is 5.91 Å². The highest BCUT2D eigenvalue weighted by atomic mass is 32.2. The summed E-state index contributed by atoms with van der Waals surface area (Å²) < 4.78 is 24.0. The van der Waals surface area contributed by atoms with Crippen LogP contribution in [-0.2, 0) is 11.4 Å². The second-order valence-electron chi connectivity index (χ2n) is 6.32. The van der Waals surface area contributed by atoms with E-state index in [1.165, 1.54) is 29.8 Å². The van der Waals surface area contributed by atoms with Crippen molar-refractivity contribution in [3.63, 3.8) is 0 Å². The highest BCUT2D eigenvalue weighted by molar-refractivity contribution is 7.99. The SMILES string of the molecule is CC(C)c1ccc(OCc2nnc(SCC(=O)Nc3ccc(F)cc3)o2)cc1. The fourth-order valence-corrected chi connectivity index (χ4v) is 2.89. The van der Waals surface area contributed by atoms with Gasteiger partial charge >= 0.3 is 0 Å². The summed E-state index contributed by atoms with van der Waals surface area (Å²) in [6.45, 7) is 4.41. The molecule has 28 heavy (non-hydrogen) atoms. The number of amides is 1. The van der Waals surface area contributed by atoms with Gasteiger partial charge in [-0.1, -0.05) is 37.7 Å². The van der Waals surface area contributed by atoms with Gasteiger partial charge in [-0.25, -0.2) is 4.39 Å². The van der Waals surface area contributed by atoms with Gasteiger partial charge in [-0.3, -0.25) is 4.79 Å². The number of anilines is 1. The zero-order valence-electron chi connectivity index (χ0n) is 15.5. The summed E-state index contributed by atoms with van der Waals surface area (Å²) in [7, 11) is 0. The first-order chi connectivity index (χ1) is 13.5. The van der Waals surface area contributed by atoms with Crippen LogP contribution in [0.15, 0.2) is 58.2 Å². The molecule has 0 fully saturated rings. The molecule has 0 saturated carbocycles. The fourth-order valence-electron chi connectivity index (χ4n) is 2.31. The molecule has 0 saturated heterocycles. The summed E-state index contributed by atoms with van der Waals surface area (Å²) in [6.07, 6.45) is 0. The van der Waals surface area contributed by atoms with Crippen molar-refractivity contribution in [3.8, 4) is 5.75 Å². The summed E-state index contributed by atoms with van der Waals surface area (Å²) in [5.74, 6) is 0.993. The number of rotatable bonds is 8. The third-order valence-corrected chi connectivity index (χ3v) is 4.63. The number of aromatic nitrogens is 2. The third kappa shape index (κ3) is 5.82. The van der Waals surface area contributed by atoms with Gasteiger partial charge in [0.05, 0.1) is 5.75 Å². The number of hydrogen-bond acceptors (Lipinski definition) is 6. The normalized spacial score (nSPS) is 10.9. The molecule has 0 aliphatic heterocycles. The number of ether oxygens (including phenoxy) is 1. The third-order valence-electron chi connectivity index (χ3n) is 3.81. The van der Waals surface area contributed by atoms with Crippen LogP contribution >= 0.6 is 11.8 Å². The number of carbonyl (C=O) groups is 1. The fraction of sp³-hybridized carbons (Fsp3) is 0.250. The summed E-state index contributed by atoms with van der Waals surface area (Å²) in [6, 6.07) is 13.4. The van der Waals surface area contributed by atoms with Gasteiger partial charge < -0.3 is 14.5 Å². The van der Waals surface area contributed by atoms with E-state index in [2.05, 4.69) is 29.4 Å². The minimum atomic E-state index is -0.358. The van der Waals surface area contributed by atoms with Gasteiger partial charge in [0.15, 0.2) is 6.61 Å². The maximum Gasteiger partial charge on any atom is 0.277 e. The predicted octanol–water partition coefficient (Wildman–Crippen LogP) is 4.64. The summed E-state index contributed by atoms with van der Waals surface area (Å²) >= 11 is 1.12. The predicted molar refractivity (Wildman–Crippen MR) is 105 cm³/mol. The van der Waals surface area contributed by atoms with Crippen molar-refractivity contribution in [3.05, 3.63) is 65.8 Å². The molecule has 0 bridgehead atoms. The van der Waals surface area contributed by atoms with Crippen molar-refractivity contribution in [2.75, 3.05) is 11.1 Å². The number of benzene rings is 2. The van der Waals surface area contributed by atoms with E-state index in [4.69, 9.17) is 9.15 Å². The summed E-state index contributed by atoms with van der Waals surface area (Å²) in [4.78, 5) is 11.9. The van der Waals surface area contributed by atoms with Crippen LogP contribution in [0.4, 0.5) is 10.1 Å². The maximum atomic E-state index is 12.9. The summed E-state index contributed by atoms with van der Waals surface area (Å²) in [5.41, 5.74) is 1.76. The Morgan fingerprint density at radius 1 is 1.14 bits per heavy atom. The van der Waals surface area contributed by atoms with Crippen molar-refractivity contribution in [2.24, 2.45) is 0 Å². The Bertz CT molecular complexity index is 911. The smallest absolute Gasteiger partial charge is 0.277 e. The van der Waals surface area contributed by atoms with Crippen molar-refractivity contribution in [1.82, 2.24) is 10.2 Å². The number of hydrogen-bond donors (Lipinski definition) is 1. The standard InChI is InChI=1S/C20H20FN3O3S/c1-13(2)14-3-9-17(10-4-14)26-11-19-23-24-20(27-19)28-12-18(25)22-16-7-5-15(21)6-8-16/h3-10,13H,11-12H2,1-2H3,(H,22,25). The zero-order valence-corrected chi connectivity index (χ0v) is 16.3. The Morgan fingerprint density at radius 2 is 1.86 bits per heavy atom. The van der Waals surface area contributed by atoms with Crippen LogP contribution in [0.1, 0.15) is 31.2 Å². The van der Waals surface area contributed by atoms with Crippen LogP contribution in [0.2, 0.25) is 0 Å². The molecule has 0 radical (unpaired) electrons. The number of carbonyl (C=O) groups excluding carboxylic acids is 1. The van der Waals surface area contributed by atoms with E-state index >= 15 is 0 Å². The monoisotopic (exact) mass is 401 g/mol. The molecule has 1 aromatic heterocycles. The molecule has 8 heteroatoms. The van der Waals surface area contributed by atoms with Crippen LogP contribution in [0.25, 0.3) is 0 Å². The van der Waals surface area contributed by atoms with Gasteiger partial charge in [-0.05, 0) is 47.9 Å². The molecule has 0 aliphatic carbocycles. The number of halogens is 1. The molecule has 2 aromatic carbocycles. The molecule has 1 N–H and O–H groups in total. The quantitative estimate of drug-likeness (QED) is 0.554. The first-order valence-electron chi connectivity index (χ1n) is 8.73. The molecule has 146 valence electrons. The van der Waals surface area contributed by atoms with Gasteiger partial charge in [0.1, 0.15) is 11.6 Å². The van der Waals surface area contributed by atoms with Crippen molar-refractivity contribution in [1.29, 1.82) is 0 Å². The minimum absolute atomic E-state index is 0.0938. The highest BCUT2D eigenvalue weighted by Crippen LogP contribution is 2.21. The molecular formula is C20H20FN3O3S. The molecule has 0 atom stereocenters. The van der Waals surface area contributed by atoms with Crippen LogP contribution < -0.4 is 10.1 Å². The Kier molecular flexibility index (Phi) is 6.65. The number of thioether (sulfide) groups is 1. The highest BCUT2D eigenvalue weighted by Gasteiger charge is 2.11. The molecule has 0 unspecified atom stereocenters. The lowest BCUT2D eigenvalue weighted by Gasteiger charge is -2.07. The number of nitrogens with one attached hydrogen (secondary N) is 1. The molecule has 3 rings (SSSR count). The lowest BCUT2D eigenvalue weighted by Crippen LogP contribution is -2.13. The maximum absolute atomic E-state index is 12.9. The van der Waals surface area contributed by atoms with E-state index < -0.39 is 0 Å². The Labute approximate surface area is 166 Å². The van der Waals surface area contributed by atoms with Crippen LogP contribution in [-0.4, -0.2) is 21.9 Å². The first kappa shape index (κ1) is 19.9. The van der Waals surface area contributed by atoms with Crippen LogP contribution in [0.3, 0.4) is 0 Å². The summed E-state index contributed by atoms with van der Waals surface area (Å²) in [5, 5.41) is 10.8. The minimum Gasteiger partial charge on any atom is -0.484 e. The van der Waals surface area contributed by atoms with Gasteiger partial charge in [-0.2, -0.15) is 0 Å². The lowest BCUT2D eigenvalue weighted by molar-refractivity contribution is -0.113. The Balaban J connectivity index is 1.44. The average molecular weight is 401 g/mol. The Hall–Kier alpha value is -2.87. The molecule has 6 nitrogen and oxygen atoms in total. The lowest BCUT2D eigenvalue weighted by atomic mass is 10.0. The average Bonchev–Trinajstić information content (AvgIpc) is 3.15. The second-order valence-corrected chi connectivity index (χ2v) is 7.24. The topological polar surface area (TPSA) is 77.2 Å². The van der Waals surface area contributed by atoms with Crippen LogP contribution in [0.5, 0.6) is 5.75 Å². The van der Waals surface area contributed by atoms with Crippen molar-refractivity contribution in [2.45, 2.75) is 31.6 Å². The van der Waals surface area contributed by atoms with E-state index in [9.17, 15) is 9.18 Å². The van der Waals surface area contributed by atoms with Gasteiger partial charge in [0.25, 0.3) is 11.1 Å². The molecular weight excluding hydrogens is 381 g/mol. The molecule has 1 heterocycles.